The number of rotatable bonds is 11. The van der Waals surface area contributed by atoms with Gasteiger partial charge in [0.05, 0.1) is 40.3 Å². The Hall–Kier alpha value is -4.93. The van der Waals surface area contributed by atoms with Gasteiger partial charge >= 0.3 is 0 Å². The molecule has 4 rings (SSSR count). The first-order valence-electron chi connectivity index (χ1n) is 14.4. The predicted molar refractivity (Wildman–Crippen MR) is 179 cm³/mol. The Balaban J connectivity index is 1.54. The van der Waals surface area contributed by atoms with Crippen molar-refractivity contribution in [2.75, 3.05) is 61.1 Å². The van der Waals surface area contributed by atoms with E-state index in [2.05, 4.69) is 5.32 Å². The second kappa shape index (κ2) is 14.9. The summed E-state index contributed by atoms with van der Waals surface area (Å²) in [5, 5.41) is 14.5. The van der Waals surface area contributed by atoms with E-state index in [9.17, 15) is 28.1 Å². The van der Waals surface area contributed by atoms with Crippen molar-refractivity contribution in [1.82, 2.24) is 4.90 Å². The van der Waals surface area contributed by atoms with Crippen LogP contribution in [0.2, 0.25) is 5.02 Å². The summed E-state index contributed by atoms with van der Waals surface area (Å²) in [6.45, 7) is 2.07. The van der Waals surface area contributed by atoms with Crippen LogP contribution in [0.5, 0.6) is 5.75 Å². The predicted octanol–water partition coefficient (Wildman–Crippen LogP) is 4.43. The van der Waals surface area contributed by atoms with Crippen molar-refractivity contribution in [2.45, 2.75) is 13.1 Å². The van der Waals surface area contributed by atoms with E-state index >= 15 is 4.39 Å². The molecule has 3 aromatic carbocycles. The van der Waals surface area contributed by atoms with Gasteiger partial charge in [-0.2, -0.15) is 5.90 Å². The van der Waals surface area contributed by atoms with Gasteiger partial charge in [-0.25, -0.2) is 12.8 Å². The number of piperazine rings is 1. The number of nitro groups is 1. The van der Waals surface area contributed by atoms with Gasteiger partial charge in [-0.05, 0) is 43.3 Å². The minimum absolute atomic E-state index is 0.0422. The number of anilines is 3. The molecule has 1 heterocycles. The Morgan fingerprint density at radius 2 is 1.73 bits per heavy atom. The summed E-state index contributed by atoms with van der Waals surface area (Å²) < 4.78 is 45.9. The molecule has 1 saturated heterocycles. The zero-order valence-electron chi connectivity index (χ0n) is 26.5. The number of hydrogen-bond acceptors (Lipinski definition) is 10. The molecule has 17 heteroatoms. The molecular weight excluding hydrogens is 671 g/mol. The first-order chi connectivity index (χ1) is 22.7. The molecule has 1 unspecified atom stereocenters. The highest BCUT2D eigenvalue weighted by Gasteiger charge is 2.34. The quantitative estimate of drug-likeness (QED) is 0.126. The second-order valence-corrected chi connectivity index (χ2v) is 13.2. The van der Waals surface area contributed by atoms with Crippen molar-refractivity contribution in [2.24, 2.45) is 5.90 Å². The van der Waals surface area contributed by atoms with Crippen molar-refractivity contribution in [3.8, 4) is 5.75 Å². The lowest BCUT2D eigenvalue weighted by atomic mass is 9.99. The monoisotopic (exact) mass is 704 g/mol. The van der Waals surface area contributed by atoms with Crippen LogP contribution in [0.4, 0.5) is 27.1 Å². The number of nitrogens with two attached hydrogens (primary N) is 1. The zero-order chi connectivity index (χ0) is 35.3. The number of para-hydroxylation sites is 1. The van der Waals surface area contributed by atoms with E-state index in [0.717, 1.165) is 16.6 Å². The normalized spacial score (nSPS) is 14.5. The molecule has 1 atom stereocenters. The van der Waals surface area contributed by atoms with Crippen LogP contribution in [0.3, 0.4) is 0 Å². The molecule has 3 N–H and O–H groups in total. The minimum atomic E-state index is -3.52. The van der Waals surface area contributed by atoms with Gasteiger partial charge in [0.1, 0.15) is 17.2 Å². The van der Waals surface area contributed by atoms with Gasteiger partial charge in [0.2, 0.25) is 10.0 Å². The molecule has 48 heavy (non-hydrogen) atoms. The lowest BCUT2D eigenvalue weighted by Gasteiger charge is -2.37. The number of ether oxygens (including phenoxy) is 1. The van der Waals surface area contributed by atoms with Crippen molar-refractivity contribution in [1.29, 1.82) is 0 Å². The fourth-order valence-corrected chi connectivity index (χ4v) is 5.89. The number of hydrogen-bond donors (Lipinski definition) is 2. The van der Waals surface area contributed by atoms with Gasteiger partial charge in [-0.1, -0.05) is 29.8 Å². The molecule has 1 fully saturated rings. The highest BCUT2D eigenvalue weighted by Crippen LogP contribution is 2.38. The summed E-state index contributed by atoms with van der Waals surface area (Å²) in [6, 6.07) is 14.5. The van der Waals surface area contributed by atoms with Gasteiger partial charge in [0.25, 0.3) is 17.5 Å². The molecular formula is C31H34ClFN6O8S. The summed E-state index contributed by atoms with van der Waals surface area (Å²) in [5.41, 5.74) is 0.0760. The van der Waals surface area contributed by atoms with Gasteiger partial charge in [-0.3, -0.25) is 24.0 Å². The van der Waals surface area contributed by atoms with Crippen LogP contribution in [0.1, 0.15) is 29.0 Å². The van der Waals surface area contributed by atoms with Crippen LogP contribution in [0.25, 0.3) is 0 Å². The highest BCUT2D eigenvalue weighted by molar-refractivity contribution is 7.92. The number of nitrogens with zero attached hydrogens (tertiary/aromatic N) is 4. The smallest absolute Gasteiger partial charge is 0.294 e. The molecule has 0 aromatic heterocycles. The topological polar surface area (TPSA) is 178 Å². The van der Waals surface area contributed by atoms with Crippen LogP contribution in [0.15, 0.2) is 72.0 Å². The van der Waals surface area contributed by atoms with Crippen molar-refractivity contribution < 1.29 is 36.9 Å². The molecule has 2 amide bonds. The van der Waals surface area contributed by atoms with Gasteiger partial charge in [-0.15, -0.1) is 0 Å². The van der Waals surface area contributed by atoms with Crippen LogP contribution >= 0.6 is 11.6 Å². The zero-order valence-corrected chi connectivity index (χ0v) is 28.0. The van der Waals surface area contributed by atoms with Crippen LogP contribution in [-0.2, 0) is 19.7 Å². The Morgan fingerprint density at radius 3 is 2.29 bits per heavy atom. The third-order valence-corrected chi connectivity index (χ3v) is 9.37. The summed E-state index contributed by atoms with van der Waals surface area (Å²) in [4.78, 5) is 45.9. The van der Waals surface area contributed by atoms with Crippen LogP contribution in [-0.4, -0.2) is 76.6 Å². The van der Waals surface area contributed by atoms with Crippen molar-refractivity contribution in [3.63, 3.8) is 0 Å². The number of methoxy groups -OCH3 is 1. The van der Waals surface area contributed by atoms with Gasteiger partial charge in [0.15, 0.2) is 6.17 Å². The van der Waals surface area contributed by atoms with E-state index < -0.39 is 38.6 Å². The molecule has 0 saturated carbocycles. The number of nitro benzene ring substituents is 1. The molecule has 14 nitrogen and oxygen atoms in total. The van der Waals surface area contributed by atoms with E-state index in [-0.39, 0.29) is 65.1 Å². The van der Waals surface area contributed by atoms with Crippen molar-refractivity contribution >= 4 is 56.2 Å². The molecule has 0 radical (unpaired) electrons. The molecule has 0 bridgehead atoms. The van der Waals surface area contributed by atoms with E-state index in [1.165, 1.54) is 62.4 Å². The number of benzene rings is 3. The number of alkyl halides is 1. The van der Waals surface area contributed by atoms with E-state index in [4.69, 9.17) is 27.1 Å². The molecule has 1 aliphatic rings. The van der Waals surface area contributed by atoms with Gasteiger partial charge < -0.3 is 24.7 Å². The Bertz CT molecular complexity index is 1850. The highest BCUT2D eigenvalue weighted by atomic mass is 35.5. The summed E-state index contributed by atoms with van der Waals surface area (Å²) >= 11 is 6.47. The first kappa shape index (κ1) is 35.9. The Morgan fingerprint density at radius 1 is 1.10 bits per heavy atom. The van der Waals surface area contributed by atoms with E-state index in [1.54, 1.807) is 23.1 Å². The number of amides is 2. The maximum absolute atomic E-state index is 15.9. The molecule has 256 valence electrons. The Kier molecular flexibility index (Phi) is 11.1. The lowest BCUT2D eigenvalue weighted by molar-refractivity contribution is -0.383. The summed E-state index contributed by atoms with van der Waals surface area (Å²) in [6.07, 6.45) is -0.861. The molecule has 1 aliphatic heterocycles. The first-order valence-corrected chi connectivity index (χ1v) is 16.6. The Labute approximate surface area is 281 Å². The largest absolute Gasteiger partial charge is 0.496 e. The summed E-state index contributed by atoms with van der Waals surface area (Å²) in [7, 11) is -0.767. The average molecular weight is 705 g/mol. The fraction of sp³-hybridized carbons (Fsp3) is 0.290. The number of allylic oxidation sites excluding steroid dienone is 1. The lowest BCUT2D eigenvalue weighted by Crippen LogP contribution is -2.49. The van der Waals surface area contributed by atoms with E-state index in [0.29, 0.717) is 11.4 Å². The number of halogens is 2. The number of carbonyl (C=O) groups excluding carboxylic acids is 2. The standard InChI is InChI=1S/C31H34ClFN6O8S/c1-19(47-34)28(29(33)22-7-5-6-8-27(22)46-3)31(41)38-15-13-37(14-16-38)25-18-24(26(39(42)43)17-23(25)32)35-30(40)20-9-11-21(12-10-20)36(2)48(4,44)45/h5-12,17-18,29H,13-16,34H2,1-4H3,(H,35,40). The number of carbonyl (C=O) groups is 2. The third-order valence-electron chi connectivity index (χ3n) is 7.86. The van der Waals surface area contributed by atoms with Crippen LogP contribution < -0.4 is 25.2 Å². The second-order valence-electron chi connectivity index (χ2n) is 10.8. The molecule has 0 aliphatic carbocycles. The fourth-order valence-electron chi connectivity index (χ4n) is 5.11. The van der Waals surface area contributed by atoms with Gasteiger partial charge in [0, 0.05) is 50.4 Å². The average Bonchev–Trinajstić information content (AvgIpc) is 3.07. The van der Waals surface area contributed by atoms with Crippen LogP contribution in [0, 0.1) is 10.1 Å². The maximum atomic E-state index is 15.9. The maximum Gasteiger partial charge on any atom is 0.294 e. The minimum Gasteiger partial charge on any atom is -0.496 e. The third kappa shape index (κ3) is 7.78. The molecule has 0 spiro atoms. The number of sulfonamides is 1. The molecule has 3 aromatic rings. The van der Waals surface area contributed by atoms with E-state index in [1.807, 2.05) is 0 Å². The SMILES string of the molecule is COc1ccccc1C(F)C(C(=O)N1CCN(c2cc(NC(=O)c3ccc(N(C)S(C)(=O)=O)cc3)c([N+](=O)[O-])cc2Cl)CC1)=C(C)ON. The summed E-state index contributed by atoms with van der Waals surface area (Å²) in [5.74, 6) is 4.18. The number of nitrogens with one attached hydrogen (secondary N) is 1. The van der Waals surface area contributed by atoms with Crippen molar-refractivity contribution in [3.05, 3.63) is 98.3 Å².